The van der Waals surface area contributed by atoms with Gasteiger partial charge in [-0.1, -0.05) is 64.1 Å². The third-order valence-electron chi connectivity index (χ3n) is 4.61. The van der Waals surface area contributed by atoms with E-state index in [1.807, 2.05) is 6.92 Å². The molecular weight excluding hydrogens is 402 g/mol. The molecule has 1 unspecified atom stereocenters. The van der Waals surface area contributed by atoms with Crippen LogP contribution in [-0.4, -0.2) is 3.71 Å². The minimum atomic E-state index is 0. The summed E-state index contributed by atoms with van der Waals surface area (Å²) >= 11 is 1.51. The van der Waals surface area contributed by atoms with Gasteiger partial charge in [0.1, 0.15) is 0 Å². The summed E-state index contributed by atoms with van der Waals surface area (Å²) in [4.78, 5) is 0. The number of rotatable bonds is 1. The van der Waals surface area contributed by atoms with Gasteiger partial charge in [-0.3, -0.25) is 0 Å². The van der Waals surface area contributed by atoms with E-state index in [1.165, 1.54) is 63.2 Å². The Morgan fingerprint density at radius 1 is 0.957 bits per heavy atom. The predicted octanol–water partition coefficient (Wildman–Crippen LogP) is -0.839. The smallest absolute Gasteiger partial charge is 0.0168 e. The van der Waals surface area contributed by atoms with Crippen LogP contribution in [0.5, 0.6) is 0 Å². The van der Waals surface area contributed by atoms with Gasteiger partial charge in [0.25, 0.3) is 0 Å². The molecule has 0 N–H and O–H groups in total. The van der Waals surface area contributed by atoms with Crippen LogP contribution in [0.2, 0.25) is 0 Å². The van der Waals surface area contributed by atoms with Gasteiger partial charge < -0.3 is 24.8 Å². The maximum atomic E-state index is 2.35. The van der Waals surface area contributed by atoms with Crippen molar-refractivity contribution in [3.63, 3.8) is 0 Å². The second kappa shape index (κ2) is 9.82. The van der Waals surface area contributed by atoms with E-state index < -0.39 is 0 Å². The summed E-state index contributed by atoms with van der Waals surface area (Å²) in [5.41, 5.74) is 10.2. The quantitative estimate of drug-likeness (QED) is 0.523. The Bertz CT molecular complexity index is 670. The van der Waals surface area contributed by atoms with E-state index in [4.69, 9.17) is 0 Å². The molecule has 0 saturated carbocycles. The monoisotopic (exact) mass is 423 g/mol. The summed E-state index contributed by atoms with van der Waals surface area (Å²) in [7, 11) is 0. The van der Waals surface area contributed by atoms with Crippen molar-refractivity contribution in [1.29, 1.82) is 0 Å². The van der Waals surface area contributed by atoms with Crippen LogP contribution in [0.4, 0.5) is 0 Å². The molecule has 0 spiro atoms. The molecule has 1 aliphatic rings. The van der Waals surface area contributed by atoms with Gasteiger partial charge in [0.2, 0.25) is 0 Å². The number of hydrogen-bond donors (Lipinski definition) is 0. The van der Waals surface area contributed by atoms with Gasteiger partial charge in [-0.25, -0.2) is 0 Å². The molecule has 122 valence electrons. The van der Waals surface area contributed by atoms with E-state index >= 15 is 0 Å². The van der Waals surface area contributed by atoms with Gasteiger partial charge in [0.15, 0.2) is 0 Å². The van der Waals surface area contributed by atoms with Crippen LogP contribution >= 0.6 is 0 Å². The fraction of sp³-hybridized carbons (Fsp3) is 0.300. The zero-order chi connectivity index (χ0) is 15.6. The van der Waals surface area contributed by atoms with Gasteiger partial charge in [-0.05, 0) is 17.0 Å². The van der Waals surface area contributed by atoms with Crippen LogP contribution in [0, 0.1) is 27.7 Å². The normalized spacial score (nSPS) is 14.1. The Hall–Kier alpha value is -0.357. The van der Waals surface area contributed by atoms with Gasteiger partial charge in [0.05, 0.1) is 0 Å². The molecule has 0 amide bonds. The Balaban J connectivity index is 0.000000902. The molecule has 1 aliphatic carbocycles. The Labute approximate surface area is 167 Å². The molecule has 0 aromatic heterocycles. The number of hydrogen-bond acceptors (Lipinski definition) is 0. The van der Waals surface area contributed by atoms with E-state index in [9.17, 15) is 0 Å². The van der Waals surface area contributed by atoms with Crippen LogP contribution < -0.4 is 24.8 Å². The van der Waals surface area contributed by atoms with E-state index in [2.05, 4.69) is 67.8 Å². The molecule has 0 fully saturated rings. The van der Waals surface area contributed by atoms with Crippen LogP contribution in [0.1, 0.15) is 51.8 Å². The number of halogens is 2. The number of fused-ring (bicyclic) bond motifs is 1. The first-order chi connectivity index (χ1) is 10.0. The van der Waals surface area contributed by atoms with Gasteiger partial charge in [-0.15, -0.1) is 5.56 Å². The summed E-state index contributed by atoms with van der Waals surface area (Å²) in [5, 5.41) is 0. The van der Waals surface area contributed by atoms with Crippen molar-refractivity contribution in [3.8, 4) is 0 Å². The Morgan fingerprint density at radius 3 is 1.96 bits per heavy atom. The summed E-state index contributed by atoms with van der Waals surface area (Å²) in [6, 6.07) is 8.73. The minimum Gasteiger partial charge on any atom is -1.00 e. The maximum absolute atomic E-state index is 2.35. The van der Waals surface area contributed by atoms with Gasteiger partial charge >= 0.3 is 34.9 Å². The fourth-order valence-corrected chi connectivity index (χ4v) is 3.22. The zero-order valence-corrected chi connectivity index (χ0v) is 18.3. The van der Waals surface area contributed by atoms with Crippen LogP contribution in [-0.2, 0) is 24.2 Å². The van der Waals surface area contributed by atoms with E-state index in [1.54, 1.807) is 0 Å². The average Bonchev–Trinajstić information content (AvgIpc) is 2.97. The van der Waals surface area contributed by atoms with Crippen molar-refractivity contribution < 1.29 is 49.0 Å². The molecule has 2 aromatic rings. The van der Waals surface area contributed by atoms with Crippen molar-refractivity contribution in [2.75, 3.05) is 0 Å². The van der Waals surface area contributed by atoms with Crippen molar-refractivity contribution in [2.24, 2.45) is 0 Å². The van der Waals surface area contributed by atoms with E-state index in [0.717, 1.165) is 0 Å². The molecule has 0 radical (unpaired) electrons. The van der Waals surface area contributed by atoms with Crippen molar-refractivity contribution in [2.45, 2.75) is 40.5 Å². The summed E-state index contributed by atoms with van der Waals surface area (Å²) in [5.74, 6) is 0.452. The Kier molecular flexibility index (Phi) is 9.67. The predicted molar refractivity (Wildman–Crippen MR) is 90.0 cm³/mol. The van der Waals surface area contributed by atoms with Crippen LogP contribution in [0.25, 0.3) is 6.08 Å². The largest absolute Gasteiger partial charge is 1.00 e. The van der Waals surface area contributed by atoms with Crippen LogP contribution in [0.15, 0.2) is 30.3 Å². The molecular formula is C20H23Cl2Zr-. The van der Waals surface area contributed by atoms with Crippen molar-refractivity contribution in [3.05, 3.63) is 69.3 Å². The second-order valence-corrected chi connectivity index (χ2v) is 7.09. The van der Waals surface area contributed by atoms with E-state index in [-0.39, 0.29) is 24.8 Å². The van der Waals surface area contributed by atoms with Gasteiger partial charge in [0, 0.05) is 0 Å². The number of allylic oxidation sites excluding steroid dienone is 1. The molecule has 3 heteroatoms. The standard InChI is InChI=1S/C18H19.C2H4.2ClH.Zr/c1-11-12(2)14(4)18(13(11)3)17-10-9-15-7-5-6-8-16(15)17;1-2;;;/h5-10,17H,1-4H3;1H,2H3;2*1H;/q-1;;;;+2/p-2. The molecule has 0 nitrogen and oxygen atoms in total. The number of benzene rings is 1. The topological polar surface area (TPSA) is 0 Å². The molecule has 0 heterocycles. The van der Waals surface area contributed by atoms with Gasteiger partial charge in [-0.2, -0.15) is 22.3 Å². The second-order valence-electron chi connectivity index (χ2n) is 5.67. The summed E-state index contributed by atoms with van der Waals surface area (Å²) < 4.78 is 2.09. The van der Waals surface area contributed by atoms with E-state index in [0.29, 0.717) is 5.92 Å². The van der Waals surface area contributed by atoms with Crippen molar-refractivity contribution in [1.82, 2.24) is 0 Å². The van der Waals surface area contributed by atoms with Crippen LogP contribution in [0.3, 0.4) is 0 Å². The third-order valence-corrected chi connectivity index (χ3v) is 4.61. The molecule has 0 saturated heterocycles. The molecule has 1 atom stereocenters. The molecule has 23 heavy (non-hydrogen) atoms. The maximum Gasteiger partial charge on any atom is -0.0168 e. The summed E-state index contributed by atoms with van der Waals surface area (Å²) in [6.45, 7) is 11.1. The molecule has 0 aliphatic heterocycles. The van der Waals surface area contributed by atoms with Crippen molar-refractivity contribution >= 4 is 9.78 Å². The minimum absolute atomic E-state index is 0. The molecule has 0 bridgehead atoms. The first kappa shape index (κ1) is 22.6. The zero-order valence-electron chi connectivity index (χ0n) is 14.4. The Morgan fingerprint density at radius 2 is 1.43 bits per heavy atom. The first-order valence-electron chi connectivity index (χ1n) is 7.48. The fourth-order valence-electron chi connectivity index (χ4n) is 3.22. The summed E-state index contributed by atoms with van der Waals surface area (Å²) in [6.07, 6.45) is 4.61. The average molecular weight is 426 g/mol. The third kappa shape index (κ3) is 4.38. The molecule has 3 rings (SSSR count). The first-order valence-corrected chi connectivity index (χ1v) is 8.90. The molecule has 2 aromatic carbocycles. The SMILES string of the molecule is C[CH]=[Zr+2].Cc1c(C)c(C)[c-](C2C=Cc3ccccc32)c1C.[Cl-].[Cl-].